The first-order valence-corrected chi connectivity index (χ1v) is 33.9. The highest BCUT2D eigenvalue weighted by Crippen LogP contribution is 2.55. The fourth-order valence-electron chi connectivity index (χ4n) is 8.76. The van der Waals surface area contributed by atoms with Gasteiger partial charge in [-0.25, -0.2) is 0 Å². The molecule has 21 heteroatoms. The van der Waals surface area contributed by atoms with Crippen molar-refractivity contribution in [2.75, 3.05) is 68.3 Å². The molecule has 15 nitrogen and oxygen atoms in total. The predicted molar refractivity (Wildman–Crippen MR) is 354 cm³/mol. The van der Waals surface area contributed by atoms with E-state index < -0.39 is 0 Å². The summed E-state index contributed by atoms with van der Waals surface area (Å²) < 4.78 is 35.4. The van der Waals surface area contributed by atoms with E-state index >= 15 is 0 Å². The van der Waals surface area contributed by atoms with Crippen LogP contribution in [0.5, 0.6) is 34.5 Å². The van der Waals surface area contributed by atoms with Gasteiger partial charge in [0.15, 0.2) is 34.5 Å². The second-order valence-corrected chi connectivity index (χ2v) is 25.7. The van der Waals surface area contributed by atoms with Crippen molar-refractivity contribution in [3.8, 4) is 70.9 Å². The molecule has 0 spiro atoms. The lowest BCUT2D eigenvalue weighted by Gasteiger charge is -2.26. The van der Waals surface area contributed by atoms with Gasteiger partial charge in [-0.15, -0.1) is 35.3 Å². The van der Waals surface area contributed by atoms with Gasteiger partial charge in [-0.2, -0.15) is 31.6 Å². The van der Waals surface area contributed by atoms with Crippen molar-refractivity contribution in [1.82, 2.24) is 0 Å². The van der Waals surface area contributed by atoms with Crippen molar-refractivity contribution < 1.29 is 28.4 Å². The van der Waals surface area contributed by atoms with E-state index in [9.17, 15) is 31.6 Å². The van der Waals surface area contributed by atoms with Crippen molar-refractivity contribution in [1.29, 1.82) is 31.6 Å². The smallest absolute Gasteiger partial charge is 0.153 e. The highest BCUT2D eigenvalue weighted by molar-refractivity contribution is 8.03. The van der Waals surface area contributed by atoms with Crippen LogP contribution in [0.2, 0.25) is 0 Å². The fraction of sp³-hybridized carbons (Fsp3) is 0.364. The van der Waals surface area contributed by atoms with Crippen molar-refractivity contribution in [3.05, 3.63) is 106 Å². The number of benzene rings is 6. The van der Waals surface area contributed by atoms with Gasteiger partial charge in [0, 0.05) is 42.8 Å². The zero-order valence-corrected chi connectivity index (χ0v) is 55.5. The summed E-state index contributed by atoms with van der Waals surface area (Å²) in [7, 11) is 0. The fourth-order valence-corrected chi connectivity index (χ4v) is 15.8. The number of nitriles is 6. The van der Waals surface area contributed by atoms with Crippen molar-refractivity contribution in [3.63, 3.8) is 0 Å². The van der Waals surface area contributed by atoms with Crippen LogP contribution in [-0.2, 0) is 0 Å². The lowest BCUT2D eigenvalue weighted by Crippen LogP contribution is -2.11. The third-order valence-corrected chi connectivity index (χ3v) is 20.3. The van der Waals surface area contributed by atoms with Gasteiger partial charge in [0.1, 0.15) is 69.8 Å². The largest absolute Gasteiger partial charge is 0.491 e. The average molecular weight is 1280 g/mol. The van der Waals surface area contributed by atoms with Gasteiger partial charge in [-0.3, -0.25) is 0 Å². The van der Waals surface area contributed by atoms with Crippen LogP contribution in [0, 0.1) is 73.9 Å². The molecule has 1 aliphatic carbocycles. The maximum atomic E-state index is 9.93. The Balaban J connectivity index is 0.000000239. The Hall–Kier alpha value is -7.44. The second kappa shape index (κ2) is 36.6. The minimum absolute atomic E-state index is 0.195. The first kappa shape index (κ1) is 70.3. The highest BCUT2D eigenvalue weighted by atomic mass is 32.2. The number of thioether (sulfide) groups is 3. The minimum atomic E-state index is 0.195. The lowest BCUT2D eigenvalue weighted by molar-refractivity contribution is 0.313. The monoisotopic (exact) mass is 1280 g/mol. The Morgan fingerprint density at radius 1 is 0.402 bits per heavy atom. The molecule has 0 aliphatic heterocycles. The molecule has 87 heavy (non-hydrogen) atoms. The molecule has 1 aliphatic rings. The maximum Gasteiger partial charge on any atom is 0.153 e. The van der Waals surface area contributed by atoms with E-state index in [-0.39, 0.29) is 33.4 Å². The van der Waals surface area contributed by atoms with Crippen LogP contribution >= 0.6 is 70.6 Å². The van der Waals surface area contributed by atoms with Gasteiger partial charge in [0.2, 0.25) is 0 Å². The molecule has 6 aromatic carbocycles. The Morgan fingerprint density at radius 2 is 0.678 bits per heavy atom. The standard InChI is InChI=1S/C24H27N3O2S2.C22H25N3O2S2.C20H21N3O2S2/c1-3-28-21-17(14-25)18(15-26)22(29-4-2)24(31-20-13-9-8-12-19(20)27)23(21)30-16-10-6-5-7-11-16;1-5-26-19-15(11-23)16(12-24)20(27-6-2)22(21(19)28-13-14(3)4)29-18-10-8-7-9-17(18)25;1-4-24-17-13(11-21)14(12-22)18(25-5-2)20(19(17)26-6-3)27-16-10-8-7-9-15(16)23/h8-9,12-13,16H,3-7,10-11,27H2,1-2H3;7-10,14H,5-6,13,25H2,1-4H3;7-10H,4-6,23H2,1-3H3. The number of ether oxygens (including phenoxy) is 6. The molecule has 1 saturated carbocycles. The van der Waals surface area contributed by atoms with E-state index in [4.69, 9.17) is 45.6 Å². The number of nitrogens with zero attached hydrogens (tertiary/aromatic N) is 6. The first-order valence-electron chi connectivity index (χ1n) is 28.6. The summed E-state index contributed by atoms with van der Waals surface area (Å²) in [5.74, 6) is 4.67. The summed E-state index contributed by atoms with van der Waals surface area (Å²) >= 11 is 9.24. The van der Waals surface area contributed by atoms with Crippen LogP contribution in [0.25, 0.3) is 0 Å². The molecule has 6 N–H and O–H groups in total. The van der Waals surface area contributed by atoms with E-state index in [1.807, 2.05) is 121 Å². The quantitative estimate of drug-likeness (QED) is 0.0355. The number of nitrogen functional groups attached to an aromatic ring is 3. The Morgan fingerprint density at radius 3 is 0.954 bits per heavy atom. The van der Waals surface area contributed by atoms with Crippen molar-refractivity contribution >= 4 is 87.6 Å². The normalized spacial score (nSPS) is 11.6. The van der Waals surface area contributed by atoms with Crippen LogP contribution in [-0.4, -0.2) is 56.4 Å². The molecule has 0 aromatic heterocycles. The first-order chi connectivity index (χ1) is 42.2. The summed E-state index contributed by atoms with van der Waals surface area (Å²) in [6.45, 7) is 19.8. The summed E-state index contributed by atoms with van der Waals surface area (Å²) in [4.78, 5) is 7.39. The zero-order valence-electron chi connectivity index (χ0n) is 50.6. The van der Waals surface area contributed by atoms with Gasteiger partial charge >= 0.3 is 0 Å². The summed E-state index contributed by atoms with van der Waals surface area (Å²) in [6.07, 6.45) is 5.92. The van der Waals surface area contributed by atoms with Crippen LogP contribution in [0.4, 0.5) is 17.1 Å². The Labute approximate surface area is 538 Å². The molecule has 0 bridgehead atoms. The van der Waals surface area contributed by atoms with Gasteiger partial charge in [-0.05, 0) is 102 Å². The SMILES string of the molecule is CCOc1c(C#N)c(C#N)c(OCC)c(SC2CCCCC2)c1Sc1ccccc1N.CCOc1c(C#N)c(C#N)c(OCC)c(Sc2ccccc2N)c1SCC.CCOc1c(C#N)c(C#N)c(OCC)c(Sc2ccccc2N)c1SCC(C)C. The number of para-hydroxylation sites is 3. The van der Waals surface area contributed by atoms with Gasteiger partial charge in [-0.1, -0.05) is 112 Å². The Kier molecular flexibility index (Phi) is 29.6. The van der Waals surface area contributed by atoms with E-state index in [0.29, 0.717) is 102 Å². The van der Waals surface area contributed by atoms with Crippen LogP contribution in [0.1, 0.15) is 128 Å². The highest BCUT2D eigenvalue weighted by Gasteiger charge is 2.32. The van der Waals surface area contributed by atoms with Gasteiger partial charge in [0.25, 0.3) is 0 Å². The number of hydrogen-bond acceptors (Lipinski definition) is 21. The number of rotatable bonds is 25. The van der Waals surface area contributed by atoms with Gasteiger partial charge in [0.05, 0.1) is 69.0 Å². The molecule has 1 fully saturated rings. The topological polar surface area (TPSA) is 276 Å². The molecule has 7 rings (SSSR count). The molecular weight excluding hydrogens is 1210 g/mol. The summed E-state index contributed by atoms with van der Waals surface area (Å²) in [6, 6.07) is 35.7. The van der Waals surface area contributed by atoms with E-state index in [2.05, 4.69) is 50.3 Å². The molecule has 0 amide bonds. The summed E-state index contributed by atoms with van der Waals surface area (Å²) in [5.41, 5.74) is 21.7. The van der Waals surface area contributed by atoms with Crippen LogP contribution in [0.15, 0.2) is 117 Å². The molecule has 454 valence electrons. The van der Waals surface area contributed by atoms with Crippen molar-refractivity contribution in [2.45, 2.75) is 144 Å². The zero-order chi connectivity index (χ0) is 63.4. The maximum absolute atomic E-state index is 9.93. The molecule has 0 saturated heterocycles. The minimum Gasteiger partial charge on any atom is -0.491 e. The Bertz CT molecular complexity index is 3590. The van der Waals surface area contributed by atoms with E-state index in [0.717, 1.165) is 68.4 Å². The van der Waals surface area contributed by atoms with Crippen LogP contribution in [0.3, 0.4) is 0 Å². The second-order valence-electron chi connectivity index (χ2n) is 18.9. The number of anilines is 3. The predicted octanol–water partition coefficient (Wildman–Crippen LogP) is 17.2. The molecule has 0 heterocycles. The molecule has 0 unspecified atom stereocenters. The molecule has 6 aromatic rings. The number of nitrogens with two attached hydrogens (primary N) is 3. The van der Waals surface area contributed by atoms with E-state index in [1.54, 1.807) is 35.3 Å². The van der Waals surface area contributed by atoms with E-state index in [1.165, 1.54) is 54.5 Å². The van der Waals surface area contributed by atoms with Crippen LogP contribution < -0.4 is 45.6 Å². The third-order valence-electron chi connectivity index (χ3n) is 12.5. The van der Waals surface area contributed by atoms with Crippen molar-refractivity contribution in [2.24, 2.45) is 5.92 Å². The molecule has 0 atom stereocenters. The van der Waals surface area contributed by atoms with Gasteiger partial charge < -0.3 is 45.6 Å². The summed E-state index contributed by atoms with van der Waals surface area (Å²) in [5, 5.41) is 59.4. The number of hydrogen-bond donors (Lipinski definition) is 3. The third kappa shape index (κ3) is 18.1. The molecule has 0 radical (unpaired) electrons. The lowest BCUT2D eigenvalue weighted by atomic mass is 10.0. The molecular formula is C66H73N9O6S6. The average Bonchev–Trinajstić information content (AvgIpc) is 0.960.